The highest BCUT2D eigenvalue weighted by atomic mass is 35.5. The van der Waals surface area contributed by atoms with Gasteiger partial charge in [0.1, 0.15) is 0 Å². The van der Waals surface area contributed by atoms with Crippen LogP contribution in [0.3, 0.4) is 0 Å². The highest BCUT2D eigenvalue weighted by Gasteiger charge is 2.03. The minimum absolute atomic E-state index is 0.329. The first-order valence-electron chi connectivity index (χ1n) is 6.62. The van der Waals surface area contributed by atoms with E-state index in [1.54, 1.807) is 0 Å². The van der Waals surface area contributed by atoms with Crippen LogP contribution < -0.4 is 5.32 Å². The fourth-order valence-corrected chi connectivity index (χ4v) is 2.28. The SMILES string of the molecule is C=CCSCCNCC(O)COCc1ccc(Cl)cc1. The minimum Gasteiger partial charge on any atom is -0.389 e. The lowest BCUT2D eigenvalue weighted by atomic mass is 10.2. The molecule has 0 aliphatic carbocycles. The molecule has 3 nitrogen and oxygen atoms in total. The lowest BCUT2D eigenvalue weighted by molar-refractivity contribution is 0.0291. The summed E-state index contributed by atoms with van der Waals surface area (Å²) in [4.78, 5) is 0. The minimum atomic E-state index is -0.480. The van der Waals surface area contributed by atoms with Crippen molar-refractivity contribution in [2.45, 2.75) is 12.7 Å². The van der Waals surface area contributed by atoms with E-state index in [0.717, 1.165) is 23.6 Å². The largest absolute Gasteiger partial charge is 0.389 e. The first kappa shape index (κ1) is 17.5. The molecule has 1 unspecified atom stereocenters. The van der Waals surface area contributed by atoms with Crippen molar-refractivity contribution in [1.82, 2.24) is 5.32 Å². The molecule has 0 aromatic heterocycles. The van der Waals surface area contributed by atoms with E-state index in [4.69, 9.17) is 16.3 Å². The maximum atomic E-state index is 9.74. The van der Waals surface area contributed by atoms with E-state index in [2.05, 4.69) is 11.9 Å². The van der Waals surface area contributed by atoms with E-state index in [0.29, 0.717) is 24.8 Å². The van der Waals surface area contributed by atoms with Crippen molar-refractivity contribution in [3.63, 3.8) is 0 Å². The van der Waals surface area contributed by atoms with Gasteiger partial charge in [0, 0.05) is 29.6 Å². The maximum Gasteiger partial charge on any atom is 0.0897 e. The van der Waals surface area contributed by atoms with Crippen molar-refractivity contribution in [1.29, 1.82) is 0 Å². The number of nitrogens with one attached hydrogen (secondary N) is 1. The third kappa shape index (κ3) is 8.61. The number of aliphatic hydroxyl groups is 1. The van der Waals surface area contributed by atoms with Gasteiger partial charge in [0.25, 0.3) is 0 Å². The van der Waals surface area contributed by atoms with Crippen LogP contribution in [0.2, 0.25) is 5.02 Å². The van der Waals surface area contributed by atoms with E-state index in [9.17, 15) is 5.11 Å². The van der Waals surface area contributed by atoms with E-state index in [1.165, 1.54) is 0 Å². The molecule has 0 heterocycles. The van der Waals surface area contributed by atoms with Gasteiger partial charge in [-0.15, -0.1) is 6.58 Å². The number of hydrogen-bond acceptors (Lipinski definition) is 4. The summed E-state index contributed by atoms with van der Waals surface area (Å²) in [7, 11) is 0. The molecule has 1 aromatic carbocycles. The third-order valence-corrected chi connectivity index (χ3v) is 3.75. The summed E-state index contributed by atoms with van der Waals surface area (Å²) < 4.78 is 5.47. The van der Waals surface area contributed by atoms with Crippen LogP contribution >= 0.6 is 23.4 Å². The van der Waals surface area contributed by atoms with E-state index in [1.807, 2.05) is 42.1 Å². The second-order valence-electron chi connectivity index (χ2n) is 4.36. The quantitative estimate of drug-likeness (QED) is 0.487. The summed E-state index contributed by atoms with van der Waals surface area (Å²) in [6, 6.07) is 7.51. The first-order chi connectivity index (χ1) is 9.72. The topological polar surface area (TPSA) is 41.5 Å². The zero-order chi connectivity index (χ0) is 14.6. The Morgan fingerprint density at radius 1 is 1.40 bits per heavy atom. The standard InChI is InChI=1S/C15H22ClNO2S/c1-2-8-20-9-7-17-10-15(18)12-19-11-13-3-5-14(16)6-4-13/h2-6,15,17-18H,1,7-12H2. The van der Waals surface area contributed by atoms with Crippen molar-refractivity contribution in [3.8, 4) is 0 Å². The van der Waals surface area contributed by atoms with E-state index < -0.39 is 6.10 Å². The van der Waals surface area contributed by atoms with Gasteiger partial charge in [0.15, 0.2) is 0 Å². The third-order valence-electron chi connectivity index (χ3n) is 2.53. The van der Waals surface area contributed by atoms with Gasteiger partial charge in [0.05, 0.1) is 19.3 Å². The molecule has 1 atom stereocenters. The van der Waals surface area contributed by atoms with Crippen molar-refractivity contribution in [3.05, 3.63) is 47.5 Å². The van der Waals surface area contributed by atoms with Gasteiger partial charge in [-0.3, -0.25) is 0 Å². The molecular formula is C15H22ClNO2S. The average molecular weight is 316 g/mol. The molecule has 0 bridgehead atoms. The fourth-order valence-electron chi connectivity index (χ4n) is 1.53. The number of hydrogen-bond donors (Lipinski definition) is 2. The van der Waals surface area contributed by atoms with Crippen molar-refractivity contribution < 1.29 is 9.84 Å². The van der Waals surface area contributed by atoms with Crippen LogP contribution in [0.25, 0.3) is 0 Å². The van der Waals surface area contributed by atoms with Gasteiger partial charge in [0.2, 0.25) is 0 Å². The number of thioether (sulfide) groups is 1. The molecule has 112 valence electrons. The molecule has 0 saturated carbocycles. The van der Waals surface area contributed by atoms with Gasteiger partial charge in [-0.25, -0.2) is 0 Å². The molecule has 0 spiro atoms. The van der Waals surface area contributed by atoms with Gasteiger partial charge < -0.3 is 15.2 Å². The Bertz CT molecular complexity index is 373. The molecule has 5 heteroatoms. The van der Waals surface area contributed by atoms with Crippen LogP contribution in [0.1, 0.15) is 5.56 Å². The van der Waals surface area contributed by atoms with E-state index >= 15 is 0 Å². The molecule has 0 aliphatic rings. The molecule has 0 radical (unpaired) electrons. The number of ether oxygens (including phenoxy) is 1. The molecule has 0 aliphatic heterocycles. The van der Waals surface area contributed by atoms with Crippen LogP contribution in [0.15, 0.2) is 36.9 Å². The number of halogens is 1. The molecular weight excluding hydrogens is 294 g/mol. The lowest BCUT2D eigenvalue weighted by Gasteiger charge is -2.12. The van der Waals surface area contributed by atoms with Gasteiger partial charge in [-0.05, 0) is 17.7 Å². The predicted octanol–water partition coefficient (Wildman–Crippen LogP) is 2.73. The number of aliphatic hydroxyl groups excluding tert-OH is 1. The summed E-state index contributed by atoms with van der Waals surface area (Å²) in [6.07, 6.45) is 1.41. The first-order valence-corrected chi connectivity index (χ1v) is 8.15. The molecule has 1 aromatic rings. The van der Waals surface area contributed by atoms with Crippen molar-refractivity contribution in [2.24, 2.45) is 0 Å². The predicted molar refractivity (Wildman–Crippen MR) is 87.5 cm³/mol. The Morgan fingerprint density at radius 3 is 2.85 bits per heavy atom. The zero-order valence-electron chi connectivity index (χ0n) is 11.6. The van der Waals surface area contributed by atoms with Gasteiger partial charge >= 0.3 is 0 Å². The van der Waals surface area contributed by atoms with Crippen molar-refractivity contribution >= 4 is 23.4 Å². The average Bonchev–Trinajstić information content (AvgIpc) is 2.45. The number of benzene rings is 1. The smallest absolute Gasteiger partial charge is 0.0897 e. The van der Waals surface area contributed by atoms with Crippen LogP contribution in [0.4, 0.5) is 0 Å². The summed E-state index contributed by atoms with van der Waals surface area (Å²) in [5.74, 6) is 1.98. The molecule has 0 amide bonds. The second kappa shape index (κ2) is 11.2. The second-order valence-corrected chi connectivity index (χ2v) is 5.95. The monoisotopic (exact) mass is 315 g/mol. The van der Waals surface area contributed by atoms with Crippen LogP contribution in [-0.4, -0.2) is 42.4 Å². The Hall–Kier alpha value is -0.520. The van der Waals surface area contributed by atoms with Gasteiger partial charge in [-0.1, -0.05) is 29.8 Å². The zero-order valence-corrected chi connectivity index (χ0v) is 13.1. The Balaban J connectivity index is 2.01. The Kier molecular flexibility index (Phi) is 9.79. The maximum absolute atomic E-state index is 9.74. The summed E-state index contributed by atoms with van der Waals surface area (Å²) in [5.41, 5.74) is 1.05. The lowest BCUT2D eigenvalue weighted by Crippen LogP contribution is -2.31. The summed E-state index contributed by atoms with van der Waals surface area (Å²) >= 11 is 7.62. The van der Waals surface area contributed by atoms with Crippen molar-refractivity contribution in [2.75, 3.05) is 31.2 Å². The van der Waals surface area contributed by atoms with Crippen LogP contribution in [0.5, 0.6) is 0 Å². The summed E-state index contributed by atoms with van der Waals surface area (Å²) in [6.45, 7) is 5.92. The normalized spacial score (nSPS) is 12.3. The molecule has 0 saturated heterocycles. The fraction of sp³-hybridized carbons (Fsp3) is 0.467. The summed E-state index contributed by atoms with van der Waals surface area (Å²) in [5, 5.41) is 13.7. The molecule has 2 N–H and O–H groups in total. The Labute approximate surface area is 130 Å². The van der Waals surface area contributed by atoms with Crippen LogP contribution in [0, 0.1) is 0 Å². The highest BCUT2D eigenvalue weighted by Crippen LogP contribution is 2.10. The van der Waals surface area contributed by atoms with Crippen LogP contribution in [-0.2, 0) is 11.3 Å². The molecule has 0 fully saturated rings. The number of rotatable bonds is 11. The highest BCUT2D eigenvalue weighted by molar-refractivity contribution is 7.99. The Morgan fingerprint density at radius 2 is 2.15 bits per heavy atom. The molecule has 20 heavy (non-hydrogen) atoms. The van der Waals surface area contributed by atoms with Gasteiger partial charge in [-0.2, -0.15) is 11.8 Å². The van der Waals surface area contributed by atoms with E-state index in [-0.39, 0.29) is 0 Å². The molecule has 1 rings (SSSR count).